The van der Waals surface area contributed by atoms with Crippen molar-refractivity contribution in [3.63, 3.8) is 0 Å². The lowest BCUT2D eigenvalue weighted by Gasteiger charge is -2.08. The standard InChI is InChI=1S/C12H12ClFN4O/c1-19-6-7-5-10(18-15)17-12(16-7)8-3-2-4-9(13)11(8)14/h2-5H,6,15H2,1H3,(H,16,17,18). The van der Waals surface area contributed by atoms with Gasteiger partial charge in [-0.1, -0.05) is 17.7 Å². The molecule has 2 rings (SSSR count). The first kappa shape index (κ1) is 13.7. The molecular weight excluding hydrogens is 271 g/mol. The summed E-state index contributed by atoms with van der Waals surface area (Å²) in [6.07, 6.45) is 0. The van der Waals surface area contributed by atoms with E-state index in [2.05, 4.69) is 15.4 Å². The van der Waals surface area contributed by atoms with Gasteiger partial charge in [0.1, 0.15) is 5.82 Å². The van der Waals surface area contributed by atoms with Gasteiger partial charge in [-0.15, -0.1) is 0 Å². The Kier molecular flexibility index (Phi) is 4.26. The van der Waals surface area contributed by atoms with Crippen molar-refractivity contribution in [2.24, 2.45) is 5.84 Å². The SMILES string of the molecule is COCc1cc(NN)nc(-c2cccc(Cl)c2F)n1. The monoisotopic (exact) mass is 282 g/mol. The summed E-state index contributed by atoms with van der Waals surface area (Å²) in [6.45, 7) is 0.270. The Hall–Kier alpha value is -1.76. The molecule has 3 N–H and O–H groups in total. The van der Waals surface area contributed by atoms with Gasteiger partial charge in [0.15, 0.2) is 11.6 Å². The van der Waals surface area contributed by atoms with Crippen LogP contribution in [0.1, 0.15) is 5.69 Å². The van der Waals surface area contributed by atoms with Crippen molar-refractivity contribution >= 4 is 17.4 Å². The van der Waals surface area contributed by atoms with Crippen LogP contribution in [0.25, 0.3) is 11.4 Å². The quantitative estimate of drug-likeness (QED) is 0.665. The molecule has 0 saturated heterocycles. The molecule has 0 bridgehead atoms. The minimum Gasteiger partial charge on any atom is -0.378 e. The van der Waals surface area contributed by atoms with Crippen molar-refractivity contribution in [3.8, 4) is 11.4 Å². The number of nitrogens with zero attached hydrogens (tertiary/aromatic N) is 2. The third-order valence-corrected chi connectivity index (χ3v) is 2.70. The number of aromatic nitrogens is 2. The third kappa shape index (κ3) is 2.98. The van der Waals surface area contributed by atoms with Crippen LogP contribution in [0.3, 0.4) is 0 Å². The lowest BCUT2D eigenvalue weighted by Crippen LogP contribution is -2.11. The van der Waals surface area contributed by atoms with E-state index in [9.17, 15) is 4.39 Å². The van der Waals surface area contributed by atoms with Gasteiger partial charge < -0.3 is 10.2 Å². The van der Waals surface area contributed by atoms with E-state index in [1.807, 2.05) is 0 Å². The summed E-state index contributed by atoms with van der Waals surface area (Å²) in [4.78, 5) is 8.32. The van der Waals surface area contributed by atoms with Gasteiger partial charge in [0, 0.05) is 13.2 Å². The van der Waals surface area contributed by atoms with Crippen LogP contribution < -0.4 is 11.3 Å². The number of benzene rings is 1. The zero-order chi connectivity index (χ0) is 13.8. The average Bonchev–Trinajstić information content (AvgIpc) is 2.42. The number of anilines is 1. The van der Waals surface area contributed by atoms with Gasteiger partial charge in [-0.3, -0.25) is 0 Å². The summed E-state index contributed by atoms with van der Waals surface area (Å²) in [5, 5.41) is 0.0144. The fraction of sp³-hybridized carbons (Fsp3) is 0.167. The minimum atomic E-state index is -0.568. The summed E-state index contributed by atoms with van der Waals surface area (Å²) in [5.74, 6) is 5.33. The van der Waals surface area contributed by atoms with E-state index in [-0.39, 0.29) is 23.0 Å². The van der Waals surface area contributed by atoms with Crippen molar-refractivity contribution in [2.45, 2.75) is 6.61 Å². The molecule has 0 aliphatic rings. The van der Waals surface area contributed by atoms with Crippen molar-refractivity contribution in [1.29, 1.82) is 0 Å². The number of methoxy groups -OCH3 is 1. The molecule has 2 aromatic rings. The van der Waals surface area contributed by atoms with E-state index in [0.717, 1.165) is 0 Å². The van der Waals surface area contributed by atoms with E-state index in [1.54, 1.807) is 18.2 Å². The molecule has 1 heterocycles. The molecule has 0 fully saturated rings. The first-order valence-corrected chi connectivity index (χ1v) is 5.81. The maximum Gasteiger partial charge on any atom is 0.164 e. The van der Waals surface area contributed by atoms with Crippen molar-refractivity contribution < 1.29 is 9.13 Å². The van der Waals surface area contributed by atoms with Crippen LogP contribution in [0, 0.1) is 5.82 Å². The van der Waals surface area contributed by atoms with Crippen LogP contribution in [0.4, 0.5) is 10.2 Å². The predicted molar refractivity (Wildman–Crippen MR) is 71.0 cm³/mol. The average molecular weight is 283 g/mol. The number of hydrogen-bond donors (Lipinski definition) is 2. The summed E-state index contributed by atoms with van der Waals surface area (Å²) in [7, 11) is 1.54. The molecule has 0 aliphatic heterocycles. The van der Waals surface area contributed by atoms with Gasteiger partial charge in [0.05, 0.1) is 22.9 Å². The van der Waals surface area contributed by atoms with Crippen LogP contribution in [-0.4, -0.2) is 17.1 Å². The van der Waals surface area contributed by atoms with Gasteiger partial charge in [-0.25, -0.2) is 20.2 Å². The number of hydrogen-bond acceptors (Lipinski definition) is 5. The molecule has 1 aromatic carbocycles. The second-order valence-corrected chi connectivity index (χ2v) is 4.15. The van der Waals surface area contributed by atoms with Gasteiger partial charge in [0.25, 0.3) is 0 Å². The molecule has 5 nitrogen and oxygen atoms in total. The number of halogens is 2. The maximum atomic E-state index is 13.9. The molecule has 1 aromatic heterocycles. The highest BCUT2D eigenvalue weighted by molar-refractivity contribution is 6.31. The van der Waals surface area contributed by atoms with Gasteiger partial charge >= 0.3 is 0 Å². The molecule has 19 heavy (non-hydrogen) atoms. The van der Waals surface area contributed by atoms with Gasteiger partial charge in [-0.05, 0) is 12.1 Å². The van der Waals surface area contributed by atoms with Crippen LogP contribution >= 0.6 is 11.6 Å². The Morgan fingerprint density at radius 3 is 2.89 bits per heavy atom. The Morgan fingerprint density at radius 2 is 2.21 bits per heavy atom. The number of nitrogens with one attached hydrogen (secondary N) is 1. The van der Waals surface area contributed by atoms with Crippen LogP contribution in [-0.2, 0) is 11.3 Å². The zero-order valence-electron chi connectivity index (χ0n) is 10.2. The summed E-state index contributed by atoms with van der Waals surface area (Å²) >= 11 is 5.74. The number of nitrogen functional groups attached to an aromatic ring is 1. The Morgan fingerprint density at radius 1 is 1.42 bits per heavy atom. The molecule has 0 aliphatic carbocycles. The van der Waals surface area contributed by atoms with Crippen LogP contribution in [0.15, 0.2) is 24.3 Å². The number of hydrazine groups is 1. The predicted octanol–water partition coefficient (Wildman–Crippen LogP) is 2.37. The number of rotatable bonds is 4. The second-order valence-electron chi connectivity index (χ2n) is 3.75. The maximum absolute atomic E-state index is 13.9. The highest BCUT2D eigenvalue weighted by atomic mass is 35.5. The molecule has 0 unspecified atom stereocenters. The molecule has 0 radical (unpaired) electrons. The summed E-state index contributed by atoms with van der Waals surface area (Å²) in [6, 6.07) is 6.26. The summed E-state index contributed by atoms with van der Waals surface area (Å²) < 4.78 is 18.9. The van der Waals surface area contributed by atoms with Crippen molar-refractivity contribution in [3.05, 3.63) is 40.8 Å². The first-order chi connectivity index (χ1) is 9.15. The van der Waals surface area contributed by atoms with E-state index in [0.29, 0.717) is 11.5 Å². The van der Waals surface area contributed by atoms with Gasteiger partial charge in [0.2, 0.25) is 0 Å². The number of ether oxygens (including phenoxy) is 1. The number of nitrogens with two attached hydrogens (primary N) is 1. The Labute approximate surface area is 114 Å². The van der Waals surface area contributed by atoms with Gasteiger partial charge in [-0.2, -0.15) is 0 Å². The highest BCUT2D eigenvalue weighted by Crippen LogP contribution is 2.26. The smallest absolute Gasteiger partial charge is 0.164 e. The van der Waals surface area contributed by atoms with E-state index < -0.39 is 5.82 Å². The Balaban J connectivity index is 2.54. The minimum absolute atomic E-state index is 0.0144. The molecule has 0 atom stereocenters. The largest absolute Gasteiger partial charge is 0.378 e. The lowest BCUT2D eigenvalue weighted by molar-refractivity contribution is 0.181. The third-order valence-electron chi connectivity index (χ3n) is 2.41. The molecule has 0 amide bonds. The van der Waals surface area contributed by atoms with E-state index in [1.165, 1.54) is 13.2 Å². The Bertz CT molecular complexity index is 594. The van der Waals surface area contributed by atoms with Crippen molar-refractivity contribution in [2.75, 3.05) is 12.5 Å². The molecule has 100 valence electrons. The van der Waals surface area contributed by atoms with Crippen molar-refractivity contribution in [1.82, 2.24) is 9.97 Å². The summed E-state index contributed by atoms with van der Waals surface area (Å²) in [5.41, 5.74) is 3.20. The van der Waals surface area contributed by atoms with E-state index in [4.69, 9.17) is 22.2 Å². The second kappa shape index (κ2) is 5.92. The zero-order valence-corrected chi connectivity index (χ0v) is 10.9. The highest BCUT2D eigenvalue weighted by Gasteiger charge is 2.13. The fourth-order valence-electron chi connectivity index (χ4n) is 1.59. The fourth-order valence-corrected chi connectivity index (χ4v) is 1.76. The van der Waals surface area contributed by atoms with E-state index >= 15 is 0 Å². The van der Waals surface area contributed by atoms with Crippen LogP contribution in [0.2, 0.25) is 5.02 Å². The first-order valence-electron chi connectivity index (χ1n) is 5.43. The molecule has 0 saturated carbocycles. The molecular formula is C12H12ClFN4O. The molecule has 7 heteroatoms. The lowest BCUT2D eigenvalue weighted by atomic mass is 10.2. The van der Waals surface area contributed by atoms with Crippen LogP contribution in [0.5, 0.6) is 0 Å². The topological polar surface area (TPSA) is 73.1 Å². The normalized spacial score (nSPS) is 10.5. The molecule has 0 spiro atoms.